The molecule has 0 atom stereocenters. The number of amidine groups is 1. The predicted octanol–water partition coefficient (Wildman–Crippen LogP) is 2.44. The first-order valence-corrected chi connectivity index (χ1v) is 10.6. The van der Waals surface area contributed by atoms with Crippen molar-refractivity contribution in [2.75, 3.05) is 26.7 Å². The van der Waals surface area contributed by atoms with Gasteiger partial charge < -0.3 is 16.8 Å². The summed E-state index contributed by atoms with van der Waals surface area (Å²) < 4.78 is 0. The van der Waals surface area contributed by atoms with E-state index in [-0.39, 0.29) is 5.41 Å². The molecule has 0 radical (unpaired) electrons. The number of rotatable bonds is 3. The number of nitrogens with two attached hydrogens (primary N) is 3. The van der Waals surface area contributed by atoms with Crippen molar-refractivity contribution < 1.29 is 0 Å². The van der Waals surface area contributed by atoms with E-state index >= 15 is 0 Å². The van der Waals surface area contributed by atoms with Crippen LogP contribution in [0.1, 0.15) is 42.0 Å². The zero-order valence-electron chi connectivity index (χ0n) is 18.1. The molecule has 6 nitrogen and oxygen atoms in total. The highest BCUT2D eigenvalue weighted by Crippen LogP contribution is 2.44. The minimum absolute atomic E-state index is 0.260. The van der Waals surface area contributed by atoms with Crippen LogP contribution in [0.5, 0.6) is 0 Å². The maximum absolute atomic E-state index is 6.02. The fourth-order valence-corrected chi connectivity index (χ4v) is 4.28. The Kier molecular flexibility index (Phi) is 7.26. The number of hydrazine groups is 1. The summed E-state index contributed by atoms with van der Waals surface area (Å²) in [5.74, 6) is 5.98. The summed E-state index contributed by atoms with van der Waals surface area (Å²) in [5, 5.41) is 8.80. The van der Waals surface area contributed by atoms with Crippen molar-refractivity contribution in [3.8, 4) is 0 Å². The number of hydrazone groups is 1. The second-order valence-electron chi connectivity index (χ2n) is 8.05. The molecule has 1 saturated heterocycles. The molecule has 160 valence electrons. The van der Waals surface area contributed by atoms with Crippen molar-refractivity contribution in [2.24, 2.45) is 27.8 Å². The van der Waals surface area contributed by atoms with Gasteiger partial charge in [-0.25, -0.2) is 11.0 Å². The summed E-state index contributed by atoms with van der Waals surface area (Å²) in [6.07, 6.45) is 6.03. The van der Waals surface area contributed by atoms with Gasteiger partial charge in [-0.2, -0.15) is 0 Å². The number of hydrogen-bond donors (Lipinski definition) is 4. The molecular formula is C24H34N6. The van der Waals surface area contributed by atoms with Crippen LogP contribution in [0.25, 0.3) is 5.57 Å². The fourth-order valence-electron chi connectivity index (χ4n) is 4.28. The maximum atomic E-state index is 6.02. The van der Waals surface area contributed by atoms with Crippen molar-refractivity contribution in [2.45, 2.75) is 26.2 Å². The van der Waals surface area contributed by atoms with Crippen LogP contribution in [0.4, 0.5) is 0 Å². The van der Waals surface area contributed by atoms with Crippen molar-refractivity contribution in [1.82, 2.24) is 10.4 Å². The zero-order valence-corrected chi connectivity index (χ0v) is 18.1. The van der Waals surface area contributed by atoms with Crippen molar-refractivity contribution in [3.05, 3.63) is 76.9 Å². The highest BCUT2D eigenvalue weighted by Gasteiger charge is 2.34. The molecule has 7 N–H and O–H groups in total. The van der Waals surface area contributed by atoms with Gasteiger partial charge in [-0.05, 0) is 66.6 Å². The Morgan fingerprint density at radius 3 is 2.37 bits per heavy atom. The van der Waals surface area contributed by atoms with Gasteiger partial charge in [-0.3, -0.25) is 0 Å². The van der Waals surface area contributed by atoms with E-state index in [4.69, 9.17) is 17.3 Å². The van der Waals surface area contributed by atoms with Gasteiger partial charge in [-0.15, -0.1) is 5.10 Å². The third-order valence-electron chi connectivity index (χ3n) is 5.66. The van der Waals surface area contributed by atoms with Crippen molar-refractivity contribution >= 4 is 11.4 Å². The number of nitrogens with one attached hydrogen (secondary N) is 1. The molecule has 1 spiro atoms. The average molecular weight is 407 g/mol. The summed E-state index contributed by atoms with van der Waals surface area (Å²) in [6.45, 7) is 4.83. The van der Waals surface area contributed by atoms with Crippen LogP contribution in [-0.4, -0.2) is 37.6 Å². The first-order valence-electron chi connectivity index (χ1n) is 10.6. The Hall–Kier alpha value is -2.67. The van der Waals surface area contributed by atoms with E-state index < -0.39 is 0 Å². The van der Waals surface area contributed by atoms with Crippen LogP contribution < -0.4 is 22.6 Å². The highest BCUT2D eigenvalue weighted by atomic mass is 15.6. The van der Waals surface area contributed by atoms with Crippen LogP contribution >= 0.6 is 0 Å². The first kappa shape index (κ1) is 22.0. The molecule has 0 saturated carbocycles. The molecule has 0 amide bonds. The lowest BCUT2D eigenvalue weighted by molar-refractivity contribution is 0.268. The van der Waals surface area contributed by atoms with Gasteiger partial charge in [0.15, 0.2) is 5.84 Å². The van der Waals surface area contributed by atoms with Gasteiger partial charge in [0.1, 0.15) is 0 Å². The van der Waals surface area contributed by atoms with E-state index in [9.17, 15) is 0 Å². The Morgan fingerprint density at radius 1 is 1.10 bits per heavy atom. The number of allylic oxidation sites excluding steroid dienone is 1. The zero-order chi connectivity index (χ0) is 21.6. The summed E-state index contributed by atoms with van der Waals surface area (Å²) in [7, 11) is 1.66. The molecule has 1 aliphatic heterocycles. The summed E-state index contributed by atoms with van der Waals surface area (Å²) in [6, 6.07) is 17.1. The molecule has 6 heteroatoms. The lowest BCUT2D eigenvalue weighted by Crippen LogP contribution is -2.38. The van der Waals surface area contributed by atoms with Crippen LogP contribution in [0, 0.1) is 5.41 Å². The van der Waals surface area contributed by atoms with E-state index in [0.29, 0.717) is 5.84 Å². The number of benzene rings is 2. The van der Waals surface area contributed by atoms with Gasteiger partial charge in [0, 0.05) is 12.6 Å². The van der Waals surface area contributed by atoms with Crippen molar-refractivity contribution in [3.63, 3.8) is 0 Å². The normalized spacial score (nSPS) is 17.5. The summed E-state index contributed by atoms with van der Waals surface area (Å²) in [5.41, 5.74) is 17.3. The van der Waals surface area contributed by atoms with E-state index in [1.165, 1.54) is 40.2 Å². The molecule has 1 aliphatic carbocycles. The molecule has 1 heterocycles. The summed E-state index contributed by atoms with van der Waals surface area (Å²) >= 11 is 0. The highest BCUT2D eigenvalue weighted by molar-refractivity contribution is 5.97. The maximum Gasteiger partial charge on any atom is 0.152 e. The molecule has 0 unspecified atom stereocenters. The van der Waals surface area contributed by atoms with Crippen LogP contribution in [0.3, 0.4) is 0 Å². The largest absolute Gasteiger partial charge is 0.382 e. The van der Waals surface area contributed by atoms with E-state index in [1.807, 2.05) is 19.1 Å². The van der Waals surface area contributed by atoms with Crippen LogP contribution in [0.15, 0.2) is 59.7 Å². The lowest BCUT2D eigenvalue weighted by atomic mass is 9.67. The predicted molar refractivity (Wildman–Crippen MR) is 126 cm³/mol. The lowest BCUT2D eigenvalue weighted by Gasteiger charge is -2.39. The summed E-state index contributed by atoms with van der Waals surface area (Å²) in [4.78, 5) is 0. The second-order valence-corrected chi connectivity index (χ2v) is 8.05. The van der Waals surface area contributed by atoms with E-state index in [0.717, 1.165) is 31.6 Å². The van der Waals surface area contributed by atoms with E-state index in [2.05, 4.69) is 52.9 Å². The molecule has 2 aromatic carbocycles. The van der Waals surface area contributed by atoms with Gasteiger partial charge in [0.2, 0.25) is 0 Å². The molecule has 2 aromatic rings. The Bertz CT molecular complexity index is 892. The van der Waals surface area contributed by atoms with Gasteiger partial charge in [-0.1, -0.05) is 61.5 Å². The topological polar surface area (TPSA) is 106 Å². The number of hydrogen-bond acceptors (Lipinski definition) is 5. The van der Waals surface area contributed by atoms with E-state index in [1.54, 1.807) is 7.05 Å². The molecule has 4 rings (SSSR count). The molecule has 0 bridgehead atoms. The van der Waals surface area contributed by atoms with Gasteiger partial charge >= 0.3 is 0 Å². The first-order chi connectivity index (χ1) is 14.5. The third kappa shape index (κ3) is 5.08. The number of piperidine rings is 1. The molecule has 0 aromatic heterocycles. The van der Waals surface area contributed by atoms with Gasteiger partial charge in [0.25, 0.3) is 0 Å². The Balaban J connectivity index is 0.000000806. The number of fused-ring (bicyclic) bond motifs is 1. The molecule has 2 aliphatic rings. The standard InChI is InChI=1S/C22H27N5.C2H7N/c1-27(24)26-21(23)17-8-6-16(7-9-17)20-15-22(10-12-25-13-11-22)14-18-4-2-3-5-19(18)20;1-2-3/h2-9,15,25H,10-14,24H2,1H3,(H2,23,26);2-3H2,1H3. The SMILES string of the molecule is CCN.CN(N)/N=C(\N)c1ccc(C2=CC3(CCNCC3)Cc3ccccc32)cc1. The monoisotopic (exact) mass is 406 g/mol. The van der Waals surface area contributed by atoms with Crippen LogP contribution in [-0.2, 0) is 6.42 Å². The molecular weight excluding hydrogens is 372 g/mol. The van der Waals surface area contributed by atoms with Gasteiger partial charge in [0.05, 0.1) is 0 Å². The molecule has 1 fully saturated rings. The second kappa shape index (κ2) is 9.89. The minimum Gasteiger partial charge on any atom is -0.382 e. The smallest absolute Gasteiger partial charge is 0.152 e. The quantitative estimate of drug-likeness (QED) is 0.271. The third-order valence-corrected chi connectivity index (χ3v) is 5.66. The minimum atomic E-state index is 0.260. The average Bonchev–Trinajstić information content (AvgIpc) is 2.74. The Labute approximate surface area is 179 Å². The van der Waals surface area contributed by atoms with Crippen molar-refractivity contribution in [1.29, 1.82) is 0 Å². The fraction of sp³-hybridized carbons (Fsp3) is 0.375. The molecule has 30 heavy (non-hydrogen) atoms. The Morgan fingerprint density at radius 2 is 1.73 bits per heavy atom. The van der Waals surface area contributed by atoms with Crippen LogP contribution in [0.2, 0.25) is 0 Å². The number of nitrogens with zero attached hydrogens (tertiary/aromatic N) is 2.